The number of imide groups is 1. The summed E-state index contributed by atoms with van der Waals surface area (Å²) in [6.07, 6.45) is 0.344. The molecule has 1 aromatic carbocycles. The molecule has 0 saturated carbocycles. The second-order valence-electron chi connectivity index (χ2n) is 7.17. The molecule has 1 saturated heterocycles. The van der Waals surface area contributed by atoms with E-state index in [-0.39, 0.29) is 12.6 Å². The number of hydrogen-bond acceptors (Lipinski definition) is 5. The minimum atomic E-state index is -0.993. The van der Waals surface area contributed by atoms with Gasteiger partial charge in [0, 0.05) is 4.47 Å². The van der Waals surface area contributed by atoms with Gasteiger partial charge in [-0.1, -0.05) is 22.9 Å². The summed E-state index contributed by atoms with van der Waals surface area (Å²) in [7, 11) is 0. The molecule has 2 N–H and O–H groups in total. The second-order valence-corrected chi connectivity index (χ2v) is 8.02. The van der Waals surface area contributed by atoms with Crippen LogP contribution in [0.2, 0.25) is 0 Å². The Balaban J connectivity index is 1.75. The topological polar surface area (TPSA) is 91.0 Å². The number of carbonyl (C=O) groups is 3. The number of carbonyl (C=O) groups excluding carboxylic acids is 3. The van der Waals surface area contributed by atoms with Crippen molar-refractivity contribution in [3.8, 4) is 5.75 Å². The van der Waals surface area contributed by atoms with Gasteiger partial charge >= 0.3 is 6.03 Å². The number of nitrogens with zero attached hydrogens (tertiary/aromatic N) is 2. The molecule has 9 heteroatoms. The molecule has 3 rings (SSSR count). The molecule has 0 aromatic heterocycles. The minimum absolute atomic E-state index is 0.00387. The van der Waals surface area contributed by atoms with Crippen LogP contribution in [0.5, 0.6) is 5.75 Å². The fraction of sp³-hybridized carbons (Fsp3) is 0.500. The Hall–Kier alpha value is -2.29. The zero-order chi connectivity index (χ0) is 19.9. The second kappa shape index (κ2) is 7.03. The number of rotatable bonds is 4. The fourth-order valence-electron chi connectivity index (χ4n) is 3.16. The predicted molar refractivity (Wildman–Crippen MR) is 103 cm³/mol. The normalized spacial score (nSPS) is 24.4. The average molecular weight is 439 g/mol. The summed E-state index contributed by atoms with van der Waals surface area (Å²) < 4.78 is 6.78. The van der Waals surface area contributed by atoms with Crippen LogP contribution in [-0.2, 0) is 9.59 Å². The first-order valence-electron chi connectivity index (χ1n) is 8.82. The molecule has 0 bridgehead atoms. The number of nitrogens with one attached hydrogen (secondary N) is 2. The molecule has 2 aliphatic heterocycles. The molecule has 0 spiro atoms. The van der Waals surface area contributed by atoms with Crippen LogP contribution in [0.1, 0.15) is 32.8 Å². The van der Waals surface area contributed by atoms with E-state index >= 15 is 0 Å². The molecule has 2 heterocycles. The number of anilines is 1. The summed E-state index contributed by atoms with van der Waals surface area (Å²) in [5, 5.41) is 3.37. The summed E-state index contributed by atoms with van der Waals surface area (Å²) in [5.74, 6) is -0.205. The highest BCUT2D eigenvalue weighted by Crippen LogP contribution is 2.37. The van der Waals surface area contributed by atoms with Crippen LogP contribution in [0.3, 0.4) is 0 Å². The maximum absolute atomic E-state index is 12.5. The van der Waals surface area contributed by atoms with Gasteiger partial charge in [-0.2, -0.15) is 5.01 Å². The van der Waals surface area contributed by atoms with E-state index in [1.165, 1.54) is 0 Å². The van der Waals surface area contributed by atoms with Crippen molar-refractivity contribution in [2.75, 3.05) is 18.0 Å². The Morgan fingerprint density at radius 1 is 1.44 bits per heavy atom. The lowest BCUT2D eigenvalue weighted by molar-refractivity contribution is -0.138. The first-order valence-corrected chi connectivity index (χ1v) is 9.62. The van der Waals surface area contributed by atoms with Gasteiger partial charge in [-0.3, -0.25) is 15.0 Å². The molecule has 146 valence electrons. The molecule has 8 nitrogen and oxygen atoms in total. The van der Waals surface area contributed by atoms with Crippen LogP contribution in [0.4, 0.5) is 10.5 Å². The number of ether oxygens (including phenoxy) is 1. The van der Waals surface area contributed by atoms with Crippen molar-refractivity contribution >= 4 is 39.5 Å². The van der Waals surface area contributed by atoms with E-state index in [1.807, 2.05) is 30.9 Å². The van der Waals surface area contributed by atoms with E-state index in [0.717, 1.165) is 20.7 Å². The van der Waals surface area contributed by atoms with E-state index in [2.05, 4.69) is 26.7 Å². The molecule has 2 unspecified atom stereocenters. The largest absolute Gasteiger partial charge is 0.487 e. The Morgan fingerprint density at radius 2 is 2.15 bits per heavy atom. The van der Waals surface area contributed by atoms with Gasteiger partial charge in [0.25, 0.3) is 11.8 Å². The van der Waals surface area contributed by atoms with Crippen LogP contribution in [0, 0.1) is 6.92 Å². The van der Waals surface area contributed by atoms with Gasteiger partial charge in [-0.05, 0) is 44.9 Å². The van der Waals surface area contributed by atoms with Gasteiger partial charge in [0.15, 0.2) is 0 Å². The van der Waals surface area contributed by atoms with E-state index in [0.29, 0.717) is 18.7 Å². The number of amides is 4. The van der Waals surface area contributed by atoms with Crippen molar-refractivity contribution in [1.29, 1.82) is 0 Å². The van der Waals surface area contributed by atoms with Gasteiger partial charge < -0.3 is 15.0 Å². The standard InChI is InChI=1S/C18H23BrN4O4/c1-5-18(4)16(25)23(17(26)20-18)21-15(24)9-22-8-11(3)27-14-6-10(2)12(19)7-13(14)22/h6-7,11H,5,8-9H2,1-4H3,(H,20,26)(H,21,24). The average Bonchev–Trinajstić information content (AvgIpc) is 2.80. The van der Waals surface area contributed by atoms with Crippen LogP contribution >= 0.6 is 15.9 Å². The number of hydrogen-bond donors (Lipinski definition) is 2. The van der Waals surface area contributed by atoms with E-state index in [9.17, 15) is 14.4 Å². The Labute approximate surface area is 166 Å². The molecule has 4 amide bonds. The van der Waals surface area contributed by atoms with E-state index < -0.39 is 23.4 Å². The minimum Gasteiger partial charge on any atom is -0.487 e. The Morgan fingerprint density at radius 3 is 2.78 bits per heavy atom. The smallest absolute Gasteiger partial charge is 0.344 e. The lowest BCUT2D eigenvalue weighted by Crippen LogP contribution is -2.52. The first kappa shape index (κ1) is 19.5. The highest BCUT2D eigenvalue weighted by Gasteiger charge is 2.47. The SMILES string of the molecule is CCC1(C)NC(=O)N(NC(=O)CN2CC(C)Oc3cc(C)c(Br)cc32)C1=O. The summed E-state index contributed by atoms with van der Waals surface area (Å²) in [6, 6.07) is 3.21. The third kappa shape index (κ3) is 3.60. The summed E-state index contributed by atoms with van der Waals surface area (Å²) in [6.45, 7) is 7.84. The van der Waals surface area contributed by atoms with Crippen molar-refractivity contribution < 1.29 is 19.1 Å². The molecular weight excluding hydrogens is 416 g/mol. The summed E-state index contributed by atoms with van der Waals surface area (Å²) in [5.41, 5.74) is 3.25. The molecule has 1 aromatic rings. The highest BCUT2D eigenvalue weighted by atomic mass is 79.9. The fourth-order valence-corrected chi connectivity index (χ4v) is 3.49. The van der Waals surface area contributed by atoms with Crippen molar-refractivity contribution in [3.05, 3.63) is 22.2 Å². The lowest BCUT2D eigenvalue weighted by Gasteiger charge is -2.35. The van der Waals surface area contributed by atoms with Crippen LogP contribution in [0.15, 0.2) is 16.6 Å². The van der Waals surface area contributed by atoms with Crippen molar-refractivity contribution in [2.45, 2.75) is 45.8 Å². The zero-order valence-corrected chi connectivity index (χ0v) is 17.3. The molecule has 2 aliphatic rings. The number of benzene rings is 1. The summed E-state index contributed by atoms with van der Waals surface area (Å²) >= 11 is 3.50. The molecule has 27 heavy (non-hydrogen) atoms. The van der Waals surface area contributed by atoms with Crippen molar-refractivity contribution in [3.63, 3.8) is 0 Å². The van der Waals surface area contributed by atoms with Gasteiger partial charge in [-0.25, -0.2) is 4.79 Å². The Kier molecular flexibility index (Phi) is 5.07. The number of fused-ring (bicyclic) bond motifs is 1. The van der Waals surface area contributed by atoms with Crippen molar-refractivity contribution in [2.24, 2.45) is 0 Å². The maximum atomic E-state index is 12.5. The van der Waals surface area contributed by atoms with Crippen LogP contribution in [-0.4, -0.2) is 47.6 Å². The monoisotopic (exact) mass is 438 g/mol. The first-order chi connectivity index (χ1) is 12.6. The number of urea groups is 1. The van der Waals surface area contributed by atoms with Crippen LogP contribution < -0.4 is 20.4 Å². The van der Waals surface area contributed by atoms with Gasteiger partial charge in [0.1, 0.15) is 17.4 Å². The third-order valence-corrected chi connectivity index (χ3v) is 5.78. The zero-order valence-electron chi connectivity index (χ0n) is 15.8. The number of hydrazine groups is 1. The van der Waals surface area contributed by atoms with E-state index in [4.69, 9.17) is 4.74 Å². The predicted octanol–water partition coefficient (Wildman–Crippen LogP) is 2.10. The molecule has 2 atom stereocenters. The molecule has 0 aliphatic carbocycles. The third-order valence-electron chi connectivity index (χ3n) is 4.93. The quantitative estimate of drug-likeness (QED) is 0.702. The molecule has 0 radical (unpaired) electrons. The number of halogens is 1. The van der Waals surface area contributed by atoms with Gasteiger partial charge in [0.05, 0.1) is 18.8 Å². The van der Waals surface area contributed by atoms with E-state index in [1.54, 1.807) is 13.8 Å². The summed E-state index contributed by atoms with van der Waals surface area (Å²) in [4.78, 5) is 38.9. The molecular formula is C18H23BrN4O4. The van der Waals surface area contributed by atoms with Crippen LogP contribution in [0.25, 0.3) is 0 Å². The van der Waals surface area contributed by atoms with Gasteiger partial charge in [-0.15, -0.1) is 0 Å². The molecule has 1 fully saturated rings. The lowest BCUT2D eigenvalue weighted by atomic mass is 10.00. The maximum Gasteiger partial charge on any atom is 0.344 e. The van der Waals surface area contributed by atoms with Gasteiger partial charge in [0.2, 0.25) is 0 Å². The highest BCUT2D eigenvalue weighted by molar-refractivity contribution is 9.10. The number of aryl methyl sites for hydroxylation is 1. The van der Waals surface area contributed by atoms with Crippen molar-refractivity contribution in [1.82, 2.24) is 15.8 Å². The Bertz CT molecular complexity index is 815.